The van der Waals surface area contributed by atoms with Crippen LogP contribution >= 0.6 is 12.2 Å². The molecule has 0 unspecified atom stereocenters. The lowest BCUT2D eigenvalue weighted by Gasteiger charge is -2.33. The fraction of sp³-hybridized carbons (Fsp3) is 0.421. The summed E-state index contributed by atoms with van der Waals surface area (Å²) in [5.41, 5.74) is 1.51. The number of fused-ring (bicyclic) bond motifs is 1. The van der Waals surface area contributed by atoms with E-state index in [4.69, 9.17) is 21.7 Å². The Labute approximate surface area is 157 Å². The maximum absolute atomic E-state index is 12.5. The maximum atomic E-state index is 12.5. The van der Waals surface area contributed by atoms with Crippen LogP contribution in [0.2, 0.25) is 0 Å². The summed E-state index contributed by atoms with van der Waals surface area (Å²) < 4.78 is 10.8. The van der Waals surface area contributed by atoms with Crippen LogP contribution < -0.4 is 15.0 Å². The zero-order chi connectivity index (χ0) is 18.1. The third-order valence-corrected chi connectivity index (χ3v) is 5.22. The minimum Gasteiger partial charge on any atom is -0.482 e. The van der Waals surface area contributed by atoms with Gasteiger partial charge in [-0.05, 0) is 54.7 Å². The average Bonchev–Trinajstić information content (AvgIpc) is 2.95. The van der Waals surface area contributed by atoms with E-state index in [1.807, 2.05) is 23.1 Å². The van der Waals surface area contributed by atoms with Crippen LogP contribution in [0.25, 0.3) is 6.08 Å². The lowest BCUT2D eigenvalue weighted by Crippen LogP contribution is -2.42. The highest BCUT2D eigenvalue weighted by Gasteiger charge is 2.29. The average molecular weight is 372 g/mol. The number of hydrogen-bond acceptors (Lipinski definition) is 5. The number of carbonyl (C=O) groups is 2. The van der Waals surface area contributed by atoms with Gasteiger partial charge in [0.25, 0.3) is 17.0 Å². The molecule has 4 rings (SSSR count). The van der Waals surface area contributed by atoms with Gasteiger partial charge in [0, 0.05) is 6.54 Å². The first-order valence-corrected chi connectivity index (χ1v) is 9.33. The number of nitrogens with zero attached hydrogens (tertiary/aromatic N) is 1. The van der Waals surface area contributed by atoms with Crippen molar-refractivity contribution in [3.05, 3.63) is 29.5 Å². The summed E-state index contributed by atoms with van der Waals surface area (Å²) in [7, 11) is 0. The Hall–Kier alpha value is -2.41. The van der Waals surface area contributed by atoms with Crippen molar-refractivity contribution >= 4 is 41.0 Å². The summed E-state index contributed by atoms with van der Waals surface area (Å²) in [4.78, 5) is 26.1. The van der Waals surface area contributed by atoms with Crippen LogP contribution in [-0.2, 0) is 14.3 Å². The van der Waals surface area contributed by atoms with Gasteiger partial charge in [-0.3, -0.25) is 14.9 Å². The molecular formula is C19H20N2O4S. The molecule has 7 heteroatoms. The van der Waals surface area contributed by atoms with Gasteiger partial charge in [0.15, 0.2) is 12.4 Å². The fourth-order valence-electron chi connectivity index (χ4n) is 3.71. The zero-order valence-electron chi connectivity index (χ0n) is 14.3. The molecule has 0 bridgehead atoms. The van der Waals surface area contributed by atoms with Crippen molar-refractivity contribution in [1.82, 2.24) is 5.32 Å². The highest BCUT2D eigenvalue weighted by atomic mass is 32.1. The number of rotatable bonds is 3. The van der Waals surface area contributed by atoms with Crippen LogP contribution in [0.15, 0.2) is 24.0 Å². The van der Waals surface area contributed by atoms with Gasteiger partial charge in [0.05, 0.1) is 5.69 Å². The monoisotopic (exact) mass is 372 g/mol. The van der Waals surface area contributed by atoms with Gasteiger partial charge >= 0.3 is 0 Å². The minimum atomic E-state index is -0.362. The third-order valence-electron chi connectivity index (χ3n) is 5.03. The molecular weight excluding hydrogens is 352 g/mol. The summed E-state index contributed by atoms with van der Waals surface area (Å²) in [6.07, 6.45) is 7.69. The second-order valence-electron chi connectivity index (χ2n) is 6.88. The molecule has 26 heavy (non-hydrogen) atoms. The van der Waals surface area contributed by atoms with Gasteiger partial charge in [-0.15, -0.1) is 0 Å². The van der Waals surface area contributed by atoms with E-state index in [9.17, 15) is 9.59 Å². The first kappa shape index (κ1) is 17.0. The van der Waals surface area contributed by atoms with Crippen molar-refractivity contribution in [2.24, 2.45) is 5.92 Å². The predicted molar refractivity (Wildman–Crippen MR) is 101 cm³/mol. The molecule has 2 heterocycles. The van der Waals surface area contributed by atoms with Crippen molar-refractivity contribution in [3.63, 3.8) is 0 Å². The van der Waals surface area contributed by atoms with Crippen LogP contribution in [0.1, 0.15) is 37.7 Å². The van der Waals surface area contributed by atoms with Crippen LogP contribution in [0.5, 0.6) is 5.75 Å². The second-order valence-corrected chi connectivity index (χ2v) is 7.25. The summed E-state index contributed by atoms with van der Waals surface area (Å²) in [5, 5.41) is 2.48. The lowest BCUT2D eigenvalue weighted by atomic mass is 9.88. The Morgan fingerprint density at radius 2 is 2.04 bits per heavy atom. The van der Waals surface area contributed by atoms with Gasteiger partial charge in [-0.1, -0.05) is 25.3 Å². The van der Waals surface area contributed by atoms with Gasteiger partial charge in [-0.2, -0.15) is 0 Å². The number of carbonyl (C=O) groups excluding carboxylic acids is 2. The molecule has 1 saturated heterocycles. The van der Waals surface area contributed by atoms with Gasteiger partial charge < -0.3 is 14.4 Å². The summed E-state index contributed by atoms with van der Waals surface area (Å²) in [6, 6.07) is 5.52. The number of nitrogens with one attached hydrogen (secondary N) is 1. The standard InChI is InChI=1S/C19H20N2O4S/c22-17-11-24-15-7-6-13(9-16-18(23)20-19(26)25-16)8-14(15)21(17)10-12-4-2-1-3-5-12/h6-9,12H,1-5,10-11H2,(H,20,23,26)/b16-9+. The SMILES string of the molecule is O=C1NC(=S)O/C1=C/c1ccc2c(c1)N(CC1CCCCC1)C(=O)CO2. The Morgan fingerprint density at radius 3 is 2.77 bits per heavy atom. The molecule has 1 aliphatic carbocycles. The molecule has 2 aliphatic heterocycles. The summed E-state index contributed by atoms with van der Waals surface area (Å²) >= 11 is 4.84. The molecule has 1 N–H and O–H groups in total. The van der Waals surface area contributed by atoms with Crippen molar-refractivity contribution < 1.29 is 19.1 Å². The van der Waals surface area contributed by atoms with Gasteiger partial charge in [0.1, 0.15) is 5.75 Å². The molecule has 2 amide bonds. The summed E-state index contributed by atoms with van der Waals surface area (Å²) in [6.45, 7) is 0.788. The lowest BCUT2D eigenvalue weighted by molar-refractivity contribution is -0.121. The van der Waals surface area contributed by atoms with E-state index in [-0.39, 0.29) is 29.4 Å². The first-order chi connectivity index (χ1) is 12.6. The van der Waals surface area contributed by atoms with E-state index in [0.29, 0.717) is 11.7 Å². The van der Waals surface area contributed by atoms with Gasteiger partial charge in [0.2, 0.25) is 0 Å². The number of thiocarbonyl (C=S) groups is 1. The number of hydrogen-bond donors (Lipinski definition) is 1. The van der Waals surface area contributed by atoms with Crippen LogP contribution in [0, 0.1) is 5.92 Å². The molecule has 1 aromatic carbocycles. The van der Waals surface area contributed by atoms with Crippen LogP contribution in [-0.4, -0.2) is 30.1 Å². The van der Waals surface area contributed by atoms with E-state index >= 15 is 0 Å². The van der Waals surface area contributed by atoms with E-state index in [1.54, 1.807) is 6.08 Å². The van der Waals surface area contributed by atoms with E-state index in [2.05, 4.69) is 5.32 Å². The second kappa shape index (κ2) is 7.07. The van der Waals surface area contributed by atoms with Crippen molar-refractivity contribution in [2.45, 2.75) is 32.1 Å². The number of benzene rings is 1. The number of ether oxygens (including phenoxy) is 2. The number of anilines is 1. The van der Waals surface area contributed by atoms with E-state index in [1.165, 1.54) is 19.3 Å². The highest BCUT2D eigenvalue weighted by Crippen LogP contribution is 2.36. The Morgan fingerprint density at radius 1 is 1.23 bits per heavy atom. The molecule has 0 spiro atoms. The Kier molecular flexibility index (Phi) is 4.63. The summed E-state index contributed by atoms with van der Waals surface area (Å²) in [5.74, 6) is 0.983. The first-order valence-electron chi connectivity index (χ1n) is 8.92. The van der Waals surface area contributed by atoms with Crippen LogP contribution in [0.3, 0.4) is 0 Å². The highest BCUT2D eigenvalue weighted by molar-refractivity contribution is 7.80. The van der Waals surface area contributed by atoms with E-state index < -0.39 is 0 Å². The fourth-order valence-corrected chi connectivity index (χ4v) is 3.89. The Bertz CT molecular complexity index is 799. The molecule has 1 aromatic rings. The Balaban J connectivity index is 1.61. The molecule has 136 valence electrons. The molecule has 3 aliphatic rings. The van der Waals surface area contributed by atoms with E-state index in [0.717, 1.165) is 30.6 Å². The topological polar surface area (TPSA) is 67.9 Å². The van der Waals surface area contributed by atoms with Crippen molar-refractivity contribution in [1.29, 1.82) is 0 Å². The quantitative estimate of drug-likeness (QED) is 0.653. The van der Waals surface area contributed by atoms with Crippen molar-refractivity contribution in [3.8, 4) is 5.75 Å². The van der Waals surface area contributed by atoms with Crippen molar-refractivity contribution in [2.75, 3.05) is 18.1 Å². The maximum Gasteiger partial charge on any atom is 0.294 e. The molecule has 0 aromatic heterocycles. The molecule has 0 atom stereocenters. The van der Waals surface area contributed by atoms with Gasteiger partial charge in [-0.25, -0.2) is 0 Å². The minimum absolute atomic E-state index is 0.0242. The smallest absolute Gasteiger partial charge is 0.294 e. The molecule has 2 fully saturated rings. The zero-order valence-corrected chi connectivity index (χ0v) is 15.1. The van der Waals surface area contributed by atoms with Crippen LogP contribution in [0.4, 0.5) is 5.69 Å². The molecule has 1 saturated carbocycles. The molecule has 0 radical (unpaired) electrons. The largest absolute Gasteiger partial charge is 0.482 e. The molecule has 6 nitrogen and oxygen atoms in total. The normalized spacial score (nSPS) is 22.1. The predicted octanol–water partition coefficient (Wildman–Crippen LogP) is 2.76. The third kappa shape index (κ3) is 3.44. The number of amides is 2.